The Labute approximate surface area is 213 Å². The van der Waals surface area contributed by atoms with Crippen LogP contribution in [0.25, 0.3) is 0 Å². The van der Waals surface area contributed by atoms with Crippen LogP contribution in [0, 0.1) is 0 Å². The van der Waals surface area contributed by atoms with E-state index in [2.05, 4.69) is 9.80 Å². The summed E-state index contributed by atoms with van der Waals surface area (Å²) >= 11 is 6.34. The van der Waals surface area contributed by atoms with E-state index in [-0.39, 0.29) is 11.5 Å². The minimum absolute atomic E-state index is 0.0146. The average molecular weight is 523 g/mol. The second-order valence-corrected chi connectivity index (χ2v) is 9.78. The first-order chi connectivity index (χ1) is 17.1. The molecule has 10 nitrogen and oxygen atoms in total. The summed E-state index contributed by atoms with van der Waals surface area (Å²) < 4.78 is 11.1. The molecule has 5 atom stereocenters. The lowest BCUT2D eigenvalue weighted by Gasteiger charge is -2.39. The van der Waals surface area contributed by atoms with Crippen LogP contribution >= 0.6 is 11.6 Å². The van der Waals surface area contributed by atoms with Crippen molar-refractivity contribution in [3.8, 4) is 11.5 Å². The molecule has 4 rings (SSSR count). The van der Waals surface area contributed by atoms with Gasteiger partial charge in [0.2, 0.25) is 6.29 Å². The number of benzene rings is 2. The largest absolute Gasteiger partial charge is 0.504 e. The molecule has 1 fully saturated rings. The van der Waals surface area contributed by atoms with E-state index in [4.69, 9.17) is 21.1 Å². The van der Waals surface area contributed by atoms with Gasteiger partial charge in [-0.3, -0.25) is 0 Å². The lowest BCUT2D eigenvalue weighted by molar-refractivity contribution is -0.271. The van der Waals surface area contributed by atoms with Crippen LogP contribution < -0.4 is 9.64 Å². The maximum absolute atomic E-state index is 11.5. The van der Waals surface area contributed by atoms with E-state index < -0.39 is 36.7 Å². The van der Waals surface area contributed by atoms with Crippen LogP contribution in [0.2, 0.25) is 5.02 Å². The maximum atomic E-state index is 11.5. The molecule has 0 amide bonds. The molecule has 2 aliphatic rings. The molecular weight excluding hydrogens is 492 g/mol. The number of ether oxygens (including phenoxy) is 2. The molecule has 5 N–H and O–H groups in total. The van der Waals surface area contributed by atoms with Gasteiger partial charge in [-0.05, 0) is 69.7 Å². The molecule has 36 heavy (non-hydrogen) atoms. The number of halogens is 1. The number of aliphatic hydroxyl groups excluding tert-OH is 3. The Balaban J connectivity index is 1.73. The zero-order chi connectivity index (χ0) is 26.1. The lowest BCUT2D eigenvalue weighted by Crippen LogP contribution is -2.61. The highest BCUT2D eigenvalue weighted by Gasteiger charge is 2.48. The Hall–Kier alpha value is -2.60. The van der Waals surface area contributed by atoms with Crippen molar-refractivity contribution in [2.24, 2.45) is 0 Å². The Morgan fingerprint density at radius 3 is 2.56 bits per heavy atom. The zero-order valence-electron chi connectivity index (χ0n) is 20.0. The summed E-state index contributed by atoms with van der Waals surface area (Å²) in [5.74, 6) is -1.73. The maximum Gasteiger partial charge on any atom is 0.335 e. The first-order valence-electron chi connectivity index (χ1n) is 11.7. The third kappa shape index (κ3) is 5.24. The number of carboxylic acids is 1. The van der Waals surface area contributed by atoms with E-state index in [1.54, 1.807) is 6.07 Å². The van der Waals surface area contributed by atoms with Crippen LogP contribution in [0.5, 0.6) is 11.5 Å². The number of aryl methyl sites for hydroxylation is 1. The molecule has 0 bridgehead atoms. The van der Waals surface area contributed by atoms with Crippen molar-refractivity contribution in [3.05, 3.63) is 46.5 Å². The number of phenolic OH excluding ortho intramolecular Hbond substituents is 1. The molecule has 196 valence electrons. The Bertz CT molecular complexity index is 1110. The second kappa shape index (κ2) is 10.8. The molecule has 2 aliphatic heterocycles. The van der Waals surface area contributed by atoms with E-state index in [1.807, 2.05) is 32.3 Å². The van der Waals surface area contributed by atoms with Gasteiger partial charge in [-0.2, -0.15) is 0 Å². The smallest absolute Gasteiger partial charge is 0.335 e. The van der Waals surface area contributed by atoms with Crippen molar-refractivity contribution >= 4 is 28.9 Å². The van der Waals surface area contributed by atoms with Gasteiger partial charge in [-0.15, -0.1) is 0 Å². The minimum Gasteiger partial charge on any atom is -0.504 e. The summed E-state index contributed by atoms with van der Waals surface area (Å²) in [7, 11) is 3.99. The van der Waals surface area contributed by atoms with Gasteiger partial charge < -0.3 is 44.8 Å². The van der Waals surface area contributed by atoms with Crippen molar-refractivity contribution in [1.82, 2.24) is 4.90 Å². The SMILES string of the molecule is CN(C)CCCN1c2cc(Cl)ccc2CCc2c1ccc(O)c2O[C@@H]1O[C@H](C(=O)O)[C@@H](O)[C@H](O)[C@H]1O. The number of nitrogens with zero attached hydrogens (tertiary/aromatic N) is 2. The second-order valence-electron chi connectivity index (χ2n) is 9.35. The van der Waals surface area contributed by atoms with Crippen LogP contribution in [0.4, 0.5) is 11.4 Å². The Kier molecular flexibility index (Phi) is 7.93. The van der Waals surface area contributed by atoms with Gasteiger partial charge in [-0.1, -0.05) is 17.7 Å². The number of hydrogen-bond acceptors (Lipinski definition) is 9. The summed E-state index contributed by atoms with van der Waals surface area (Å²) in [6, 6.07) is 8.93. The van der Waals surface area contributed by atoms with Crippen molar-refractivity contribution < 1.29 is 39.8 Å². The summed E-state index contributed by atoms with van der Waals surface area (Å²) in [6.07, 6.45) is -6.94. The number of aromatic hydroxyl groups is 1. The van der Waals surface area contributed by atoms with Gasteiger partial charge >= 0.3 is 5.97 Å². The standard InChI is InChI=1S/C25H31ClN2O8/c1-27(2)10-3-11-28-16-8-9-18(29)22(15(16)7-5-13-4-6-14(26)12-17(13)28)35-25-21(32)19(30)20(31)23(36-25)24(33)34/h4,6,8-9,12,19-21,23,25,29-32H,3,5,7,10-11H2,1-2H3,(H,33,34)/t19-,20-,21+,23-,25+/m0/s1. The summed E-state index contributed by atoms with van der Waals surface area (Å²) in [4.78, 5) is 15.7. The van der Waals surface area contributed by atoms with E-state index in [1.165, 1.54) is 6.07 Å². The van der Waals surface area contributed by atoms with Gasteiger partial charge in [0.05, 0.1) is 0 Å². The molecule has 0 radical (unpaired) electrons. The van der Waals surface area contributed by atoms with Gasteiger partial charge in [0.1, 0.15) is 18.3 Å². The predicted octanol–water partition coefficient (Wildman–Crippen LogP) is 1.50. The highest BCUT2D eigenvalue weighted by Crippen LogP contribution is 2.45. The van der Waals surface area contributed by atoms with Crippen LogP contribution in [0.1, 0.15) is 17.5 Å². The monoisotopic (exact) mass is 522 g/mol. The zero-order valence-corrected chi connectivity index (χ0v) is 20.8. The van der Waals surface area contributed by atoms with Gasteiger partial charge in [-0.25, -0.2) is 4.79 Å². The number of carboxylic acid groups (broad SMARTS) is 1. The quantitative estimate of drug-likeness (QED) is 0.363. The van der Waals surface area contributed by atoms with E-state index in [9.17, 15) is 30.3 Å². The molecule has 0 aromatic heterocycles. The first-order valence-corrected chi connectivity index (χ1v) is 12.1. The van der Waals surface area contributed by atoms with Gasteiger partial charge in [0.25, 0.3) is 0 Å². The normalized spacial score (nSPS) is 25.8. The van der Waals surface area contributed by atoms with Crippen LogP contribution in [0.15, 0.2) is 30.3 Å². The molecule has 0 spiro atoms. The highest BCUT2D eigenvalue weighted by atomic mass is 35.5. The fraction of sp³-hybridized carbons (Fsp3) is 0.480. The summed E-state index contributed by atoms with van der Waals surface area (Å²) in [6.45, 7) is 1.50. The summed E-state index contributed by atoms with van der Waals surface area (Å²) in [5, 5.41) is 51.3. The van der Waals surface area contributed by atoms with Crippen LogP contribution in [-0.4, -0.2) is 94.3 Å². The molecule has 0 unspecified atom stereocenters. The van der Waals surface area contributed by atoms with Crippen molar-refractivity contribution in [2.45, 2.75) is 50.0 Å². The number of carbonyl (C=O) groups is 1. The number of anilines is 2. The van der Waals surface area contributed by atoms with Gasteiger partial charge in [0.15, 0.2) is 17.6 Å². The van der Waals surface area contributed by atoms with Crippen LogP contribution in [0.3, 0.4) is 0 Å². The average Bonchev–Trinajstić information content (AvgIpc) is 2.97. The van der Waals surface area contributed by atoms with E-state index in [0.717, 1.165) is 29.9 Å². The predicted molar refractivity (Wildman–Crippen MR) is 132 cm³/mol. The molecule has 2 aromatic carbocycles. The Morgan fingerprint density at radius 1 is 1.11 bits per heavy atom. The van der Waals surface area contributed by atoms with E-state index >= 15 is 0 Å². The number of aliphatic hydroxyl groups is 3. The van der Waals surface area contributed by atoms with Gasteiger partial charge in [0, 0.05) is 28.5 Å². The molecule has 0 aliphatic carbocycles. The Morgan fingerprint density at radius 2 is 1.86 bits per heavy atom. The van der Waals surface area contributed by atoms with Crippen molar-refractivity contribution in [1.29, 1.82) is 0 Å². The molecule has 2 heterocycles. The minimum atomic E-state index is -1.84. The fourth-order valence-electron chi connectivity index (χ4n) is 4.67. The molecule has 0 saturated carbocycles. The fourth-order valence-corrected chi connectivity index (χ4v) is 4.84. The lowest BCUT2D eigenvalue weighted by atomic mass is 9.98. The first kappa shape index (κ1) is 26.5. The third-order valence-corrected chi connectivity index (χ3v) is 6.76. The number of phenols is 1. The van der Waals surface area contributed by atoms with E-state index in [0.29, 0.717) is 30.0 Å². The topological polar surface area (TPSA) is 143 Å². The molecule has 11 heteroatoms. The molecule has 1 saturated heterocycles. The number of fused-ring (bicyclic) bond motifs is 2. The van der Waals surface area contributed by atoms with Crippen LogP contribution in [-0.2, 0) is 22.4 Å². The number of rotatable bonds is 7. The van der Waals surface area contributed by atoms with Crippen molar-refractivity contribution in [3.63, 3.8) is 0 Å². The summed E-state index contributed by atoms with van der Waals surface area (Å²) in [5.41, 5.74) is 3.40. The van der Waals surface area contributed by atoms with Crippen molar-refractivity contribution in [2.75, 3.05) is 32.1 Å². The number of hydrogen-bond donors (Lipinski definition) is 5. The third-order valence-electron chi connectivity index (χ3n) is 6.52. The number of aliphatic carboxylic acids is 1. The molecular formula is C25H31ClN2O8. The highest BCUT2D eigenvalue weighted by molar-refractivity contribution is 6.30. The molecule has 2 aromatic rings.